The van der Waals surface area contributed by atoms with Crippen LogP contribution < -0.4 is 15.6 Å². The fraction of sp³-hybridized carbons (Fsp3) is 0.238. The quantitative estimate of drug-likeness (QED) is 0.522. The number of benzene rings is 2. The molecule has 0 radical (unpaired) electrons. The lowest BCUT2D eigenvalue weighted by Crippen LogP contribution is -2.43. The molecule has 0 saturated carbocycles. The van der Waals surface area contributed by atoms with Gasteiger partial charge in [-0.25, -0.2) is 0 Å². The Labute approximate surface area is 168 Å². The van der Waals surface area contributed by atoms with E-state index in [2.05, 4.69) is 16.9 Å². The van der Waals surface area contributed by atoms with Gasteiger partial charge in [-0.1, -0.05) is 24.3 Å². The highest BCUT2D eigenvalue weighted by atomic mass is 16.5. The summed E-state index contributed by atoms with van der Waals surface area (Å²) in [5, 5.41) is 8.84. The zero-order valence-corrected chi connectivity index (χ0v) is 15.9. The van der Waals surface area contributed by atoms with E-state index < -0.39 is 17.8 Å². The molecule has 0 bridgehead atoms. The molecule has 8 heteroatoms. The number of carbonyl (C=O) groups is 3. The predicted octanol–water partition coefficient (Wildman–Crippen LogP) is 2.09. The first-order chi connectivity index (χ1) is 14.0. The number of hydrogen-bond donors (Lipinski definition) is 2. The topological polar surface area (TPSA) is 118 Å². The molecule has 29 heavy (non-hydrogen) atoms. The monoisotopic (exact) mass is 395 g/mol. The lowest BCUT2D eigenvalue weighted by Gasteiger charge is -2.09. The number of esters is 1. The number of rotatable bonds is 8. The Morgan fingerprint density at radius 1 is 0.897 bits per heavy atom. The molecule has 2 amide bonds. The van der Waals surface area contributed by atoms with Crippen LogP contribution in [-0.2, 0) is 19.1 Å². The zero-order valence-electron chi connectivity index (χ0n) is 15.9. The SMILES string of the molecule is CCOC(=O)CCC(=O)NNC(=O)COc1ccc(-c2ccc(C#N)cc2)cc1. The number of nitrogens with one attached hydrogen (secondary N) is 2. The minimum Gasteiger partial charge on any atom is -0.484 e. The zero-order chi connectivity index (χ0) is 21.1. The molecule has 0 heterocycles. The van der Waals surface area contributed by atoms with Crippen molar-refractivity contribution in [2.75, 3.05) is 13.2 Å². The van der Waals surface area contributed by atoms with Gasteiger partial charge in [0.1, 0.15) is 5.75 Å². The maximum absolute atomic E-state index is 11.7. The van der Waals surface area contributed by atoms with Crippen LogP contribution in [0.5, 0.6) is 5.75 Å². The largest absolute Gasteiger partial charge is 0.484 e. The fourth-order valence-corrected chi connectivity index (χ4v) is 2.32. The molecule has 0 spiro atoms. The number of amides is 2. The summed E-state index contributed by atoms with van der Waals surface area (Å²) in [6.07, 6.45) is -0.144. The maximum Gasteiger partial charge on any atom is 0.306 e. The first-order valence-electron chi connectivity index (χ1n) is 8.98. The Balaban J connectivity index is 1.73. The number of ether oxygens (including phenoxy) is 2. The van der Waals surface area contributed by atoms with Crippen molar-refractivity contribution in [2.45, 2.75) is 19.8 Å². The average molecular weight is 395 g/mol. The molecule has 2 N–H and O–H groups in total. The van der Waals surface area contributed by atoms with Gasteiger partial charge >= 0.3 is 5.97 Å². The molecule has 2 rings (SSSR count). The molecule has 0 fully saturated rings. The van der Waals surface area contributed by atoms with Crippen molar-refractivity contribution in [2.24, 2.45) is 0 Å². The van der Waals surface area contributed by atoms with Gasteiger partial charge in [0.25, 0.3) is 5.91 Å². The third-order valence-corrected chi connectivity index (χ3v) is 3.77. The summed E-state index contributed by atoms with van der Waals surface area (Å²) in [5.74, 6) is -1.02. The Kier molecular flexibility index (Phi) is 8.20. The predicted molar refractivity (Wildman–Crippen MR) is 104 cm³/mol. The van der Waals surface area contributed by atoms with Crippen LogP contribution >= 0.6 is 0 Å². The molecule has 0 aliphatic carbocycles. The second kappa shape index (κ2) is 11.1. The fourth-order valence-electron chi connectivity index (χ4n) is 2.32. The third kappa shape index (κ3) is 7.34. The van der Waals surface area contributed by atoms with Crippen molar-refractivity contribution in [3.8, 4) is 22.9 Å². The molecule has 2 aromatic carbocycles. The standard InChI is InChI=1S/C21H21N3O5/c1-2-28-21(27)12-11-19(25)23-24-20(26)14-29-18-9-7-17(8-10-18)16-5-3-15(13-22)4-6-16/h3-10H,2,11-12,14H2,1H3,(H,23,25)(H,24,26). The van der Waals surface area contributed by atoms with Crippen LogP contribution in [0.4, 0.5) is 0 Å². The van der Waals surface area contributed by atoms with Crippen molar-refractivity contribution in [3.63, 3.8) is 0 Å². The second-order valence-electron chi connectivity index (χ2n) is 5.90. The van der Waals surface area contributed by atoms with E-state index in [0.29, 0.717) is 11.3 Å². The van der Waals surface area contributed by atoms with E-state index in [-0.39, 0.29) is 26.1 Å². The minimum absolute atomic E-state index is 0.0579. The van der Waals surface area contributed by atoms with Crippen molar-refractivity contribution in [1.29, 1.82) is 5.26 Å². The van der Waals surface area contributed by atoms with Crippen LogP contribution in [0.1, 0.15) is 25.3 Å². The van der Waals surface area contributed by atoms with Crippen LogP contribution in [0.3, 0.4) is 0 Å². The highest BCUT2D eigenvalue weighted by Gasteiger charge is 2.09. The van der Waals surface area contributed by atoms with E-state index in [1.165, 1.54) is 0 Å². The van der Waals surface area contributed by atoms with E-state index in [1.54, 1.807) is 31.2 Å². The summed E-state index contributed by atoms with van der Waals surface area (Å²) >= 11 is 0. The van der Waals surface area contributed by atoms with Gasteiger partial charge in [0, 0.05) is 6.42 Å². The summed E-state index contributed by atoms with van der Waals surface area (Å²) in [4.78, 5) is 34.5. The van der Waals surface area contributed by atoms with Crippen molar-refractivity contribution >= 4 is 17.8 Å². The van der Waals surface area contributed by atoms with E-state index in [9.17, 15) is 14.4 Å². The number of nitrogens with zero attached hydrogens (tertiary/aromatic N) is 1. The number of hydrogen-bond acceptors (Lipinski definition) is 6. The van der Waals surface area contributed by atoms with E-state index in [0.717, 1.165) is 11.1 Å². The Morgan fingerprint density at radius 2 is 1.48 bits per heavy atom. The summed E-state index contributed by atoms with van der Waals surface area (Å²) in [6.45, 7) is 1.65. The van der Waals surface area contributed by atoms with E-state index >= 15 is 0 Å². The maximum atomic E-state index is 11.7. The Bertz CT molecular complexity index is 886. The smallest absolute Gasteiger partial charge is 0.306 e. The summed E-state index contributed by atoms with van der Waals surface area (Å²) < 4.78 is 10.1. The number of hydrazine groups is 1. The van der Waals surface area contributed by atoms with Gasteiger partial charge in [-0.05, 0) is 42.3 Å². The van der Waals surface area contributed by atoms with Gasteiger partial charge in [0.15, 0.2) is 6.61 Å². The third-order valence-electron chi connectivity index (χ3n) is 3.77. The Morgan fingerprint density at radius 3 is 2.07 bits per heavy atom. The average Bonchev–Trinajstić information content (AvgIpc) is 2.75. The molecule has 8 nitrogen and oxygen atoms in total. The van der Waals surface area contributed by atoms with Gasteiger partial charge in [-0.15, -0.1) is 0 Å². The summed E-state index contributed by atoms with van der Waals surface area (Å²) in [5.41, 5.74) is 6.91. The lowest BCUT2D eigenvalue weighted by atomic mass is 10.0. The molecule has 0 aliphatic rings. The molecule has 0 unspecified atom stereocenters. The van der Waals surface area contributed by atoms with Gasteiger partial charge in [0.05, 0.1) is 24.7 Å². The number of carbonyl (C=O) groups excluding carboxylic acids is 3. The normalized spacial score (nSPS) is 9.79. The molecule has 0 aromatic heterocycles. The first-order valence-corrected chi connectivity index (χ1v) is 8.98. The van der Waals surface area contributed by atoms with E-state index in [1.807, 2.05) is 24.3 Å². The Hall–Kier alpha value is -3.86. The molecular weight excluding hydrogens is 374 g/mol. The van der Waals surface area contributed by atoms with E-state index in [4.69, 9.17) is 14.7 Å². The van der Waals surface area contributed by atoms with Crippen LogP contribution in [-0.4, -0.2) is 31.0 Å². The molecule has 0 atom stereocenters. The van der Waals surface area contributed by atoms with Crippen LogP contribution in [0.25, 0.3) is 11.1 Å². The van der Waals surface area contributed by atoms with Crippen molar-refractivity contribution in [3.05, 3.63) is 54.1 Å². The molecule has 150 valence electrons. The van der Waals surface area contributed by atoms with Gasteiger partial charge < -0.3 is 9.47 Å². The molecule has 2 aromatic rings. The van der Waals surface area contributed by atoms with Crippen LogP contribution in [0.2, 0.25) is 0 Å². The van der Waals surface area contributed by atoms with Crippen molar-refractivity contribution < 1.29 is 23.9 Å². The molecule has 0 saturated heterocycles. The summed E-state index contributed by atoms with van der Waals surface area (Å²) in [7, 11) is 0. The van der Waals surface area contributed by atoms with Crippen molar-refractivity contribution in [1.82, 2.24) is 10.9 Å². The van der Waals surface area contributed by atoms with Crippen LogP contribution in [0.15, 0.2) is 48.5 Å². The summed E-state index contributed by atoms with van der Waals surface area (Å²) in [6, 6.07) is 16.4. The molecular formula is C21H21N3O5. The first kappa shape index (κ1) is 21.4. The minimum atomic E-state index is -0.536. The number of nitriles is 1. The van der Waals surface area contributed by atoms with Crippen LogP contribution in [0, 0.1) is 11.3 Å². The van der Waals surface area contributed by atoms with Gasteiger partial charge in [-0.2, -0.15) is 5.26 Å². The van der Waals surface area contributed by atoms with Gasteiger partial charge in [-0.3, -0.25) is 25.2 Å². The molecule has 0 aliphatic heterocycles. The highest BCUT2D eigenvalue weighted by Crippen LogP contribution is 2.22. The highest BCUT2D eigenvalue weighted by molar-refractivity contribution is 5.84. The second-order valence-corrected chi connectivity index (χ2v) is 5.90. The lowest BCUT2D eigenvalue weighted by molar-refractivity contribution is -0.144. The van der Waals surface area contributed by atoms with Gasteiger partial charge in [0.2, 0.25) is 5.91 Å².